The van der Waals surface area contributed by atoms with Crippen molar-refractivity contribution in [2.75, 3.05) is 39.3 Å². The first kappa shape index (κ1) is 17.9. The van der Waals surface area contributed by atoms with Crippen molar-refractivity contribution in [3.8, 4) is 0 Å². The van der Waals surface area contributed by atoms with E-state index in [1.54, 1.807) is 11.3 Å². The number of aliphatic hydroxyl groups excluding tert-OH is 1. The molecule has 0 spiro atoms. The summed E-state index contributed by atoms with van der Waals surface area (Å²) < 4.78 is 1.07. The first-order valence-corrected chi connectivity index (χ1v) is 10.4. The molecule has 1 aromatic carbocycles. The number of hydrogen-bond donors (Lipinski definition) is 1. The molecule has 0 radical (unpaired) electrons. The molecular weight excluding hydrogens is 346 g/mol. The van der Waals surface area contributed by atoms with E-state index in [1.165, 1.54) is 25.9 Å². The Balaban J connectivity index is 1.50. The van der Waals surface area contributed by atoms with Crippen LogP contribution in [0.1, 0.15) is 34.6 Å². The lowest BCUT2D eigenvalue weighted by molar-refractivity contribution is 0.0465. The number of amides is 1. The van der Waals surface area contributed by atoms with Crippen molar-refractivity contribution in [2.45, 2.75) is 26.2 Å². The van der Waals surface area contributed by atoms with E-state index in [4.69, 9.17) is 0 Å². The highest BCUT2D eigenvalue weighted by Crippen LogP contribution is 2.27. The summed E-state index contributed by atoms with van der Waals surface area (Å²) in [7, 11) is 0. The number of hydrogen-bond acceptors (Lipinski definition) is 5. The van der Waals surface area contributed by atoms with Gasteiger partial charge in [-0.15, -0.1) is 11.3 Å². The summed E-state index contributed by atoms with van der Waals surface area (Å²) in [6, 6.07) is 5.81. The van der Waals surface area contributed by atoms with Gasteiger partial charge in [0.1, 0.15) is 0 Å². The van der Waals surface area contributed by atoms with Crippen molar-refractivity contribution >= 4 is 27.5 Å². The van der Waals surface area contributed by atoms with Gasteiger partial charge in [-0.2, -0.15) is 0 Å². The Bertz CT molecular complexity index is 784. The van der Waals surface area contributed by atoms with Gasteiger partial charge in [0.2, 0.25) is 0 Å². The summed E-state index contributed by atoms with van der Waals surface area (Å²) in [6.07, 6.45) is 3.59. The molecule has 2 atom stereocenters. The molecule has 2 saturated heterocycles. The first-order valence-electron chi connectivity index (χ1n) is 9.62. The summed E-state index contributed by atoms with van der Waals surface area (Å²) in [6.45, 7) is 7.01. The maximum Gasteiger partial charge on any atom is 0.253 e. The van der Waals surface area contributed by atoms with Crippen molar-refractivity contribution in [1.82, 2.24) is 14.8 Å². The van der Waals surface area contributed by atoms with Gasteiger partial charge in [0.05, 0.1) is 15.2 Å². The van der Waals surface area contributed by atoms with Crippen LogP contribution in [0.5, 0.6) is 0 Å². The fourth-order valence-electron chi connectivity index (χ4n) is 4.43. The molecule has 5 nitrogen and oxygen atoms in total. The number of aryl methyl sites for hydroxylation is 1. The fourth-order valence-corrected chi connectivity index (χ4v) is 5.30. The predicted octanol–water partition coefficient (Wildman–Crippen LogP) is 2.77. The average molecular weight is 374 g/mol. The maximum atomic E-state index is 13.1. The topological polar surface area (TPSA) is 56.7 Å². The second-order valence-electron chi connectivity index (χ2n) is 7.78. The molecule has 2 aliphatic heterocycles. The third-order valence-corrected chi connectivity index (χ3v) is 6.56. The largest absolute Gasteiger partial charge is 0.396 e. The lowest BCUT2D eigenvalue weighted by atomic mass is 9.89. The molecule has 140 valence electrons. The SMILES string of the molecule is Cc1nc2ccc(C(=O)N3C[C@H](CO)C[C@H](CN4CCCC4)C3)cc2s1. The number of carbonyl (C=O) groups excluding carboxylic acids is 1. The lowest BCUT2D eigenvalue weighted by Crippen LogP contribution is -2.47. The maximum absolute atomic E-state index is 13.1. The Labute approximate surface area is 158 Å². The number of fused-ring (bicyclic) bond motifs is 1. The monoisotopic (exact) mass is 373 g/mol. The smallest absolute Gasteiger partial charge is 0.253 e. The summed E-state index contributed by atoms with van der Waals surface area (Å²) in [5.41, 5.74) is 1.70. The van der Waals surface area contributed by atoms with Gasteiger partial charge in [0.15, 0.2) is 0 Å². The molecule has 26 heavy (non-hydrogen) atoms. The Morgan fingerprint density at radius 3 is 2.81 bits per heavy atom. The molecule has 2 fully saturated rings. The second-order valence-corrected chi connectivity index (χ2v) is 9.02. The van der Waals surface area contributed by atoms with Gasteiger partial charge >= 0.3 is 0 Å². The van der Waals surface area contributed by atoms with Gasteiger partial charge in [-0.3, -0.25) is 4.79 Å². The Hall–Kier alpha value is -1.50. The van der Waals surface area contributed by atoms with E-state index in [-0.39, 0.29) is 18.4 Å². The van der Waals surface area contributed by atoms with E-state index >= 15 is 0 Å². The second kappa shape index (κ2) is 7.62. The average Bonchev–Trinajstić information content (AvgIpc) is 3.28. The summed E-state index contributed by atoms with van der Waals surface area (Å²) >= 11 is 1.63. The molecule has 0 bridgehead atoms. The number of aromatic nitrogens is 1. The highest BCUT2D eigenvalue weighted by Gasteiger charge is 2.31. The van der Waals surface area contributed by atoms with Gasteiger partial charge in [-0.25, -0.2) is 4.98 Å². The summed E-state index contributed by atoms with van der Waals surface area (Å²) in [4.78, 5) is 22.1. The Kier molecular flexibility index (Phi) is 5.25. The predicted molar refractivity (Wildman–Crippen MR) is 105 cm³/mol. The van der Waals surface area contributed by atoms with Crippen LogP contribution in [0.25, 0.3) is 10.2 Å². The molecule has 4 rings (SSSR count). The van der Waals surface area contributed by atoms with Crippen molar-refractivity contribution in [3.05, 3.63) is 28.8 Å². The Morgan fingerprint density at radius 2 is 2.04 bits per heavy atom. The third kappa shape index (κ3) is 3.77. The minimum Gasteiger partial charge on any atom is -0.396 e. The van der Waals surface area contributed by atoms with Gasteiger partial charge in [0.25, 0.3) is 5.91 Å². The zero-order valence-corrected chi connectivity index (χ0v) is 16.2. The van der Waals surface area contributed by atoms with Crippen LogP contribution in [0.3, 0.4) is 0 Å². The summed E-state index contributed by atoms with van der Waals surface area (Å²) in [5, 5.41) is 10.7. The molecule has 0 unspecified atom stereocenters. The zero-order chi connectivity index (χ0) is 18.1. The molecule has 3 heterocycles. The molecule has 1 N–H and O–H groups in total. The van der Waals surface area contributed by atoms with Crippen LogP contribution < -0.4 is 0 Å². The number of likely N-dealkylation sites (tertiary alicyclic amines) is 2. The number of thiazole rings is 1. The minimum atomic E-state index is 0.0857. The molecule has 0 aliphatic carbocycles. The van der Waals surface area contributed by atoms with Gasteiger partial charge in [-0.05, 0) is 69.3 Å². The van der Waals surface area contributed by atoms with E-state index in [0.717, 1.165) is 40.3 Å². The highest BCUT2D eigenvalue weighted by molar-refractivity contribution is 7.18. The Morgan fingerprint density at radius 1 is 1.27 bits per heavy atom. The number of carbonyl (C=O) groups is 1. The molecule has 0 saturated carbocycles. The van der Waals surface area contributed by atoms with Crippen molar-refractivity contribution in [1.29, 1.82) is 0 Å². The van der Waals surface area contributed by atoms with Crippen LogP contribution in [-0.2, 0) is 0 Å². The van der Waals surface area contributed by atoms with Crippen LogP contribution in [0.15, 0.2) is 18.2 Å². The molecule has 2 aliphatic rings. The molecule has 1 amide bonds. The van der Waals surface area contributed by atoms with Crippen molar-refractivity contribution in [3.63, 3.8) is 0 Å². The van der Waals surface area contributed by atoms with E-state index < -0.39 is 0 Å². The van der Waals surface area contributed by atoms with Gasteiger partial charge in [-0.1, -0.05) is 0 Å². The number of rotatable bonds is 4. The van der Waals surface area contributed by atoms with Gasteiger partial charge < -0.3 is 14.9 Å². The van der Waals surface area contributed by atoms with Crippen LogP contribution in [0.4, 0.5) is 0 Å². The summed E-state index contributed by atoms with van der Waals surface area (Å²) in [5.74, 6) is 0.731. The molecule has 6 heteroatoms. The van der Waals surface area contributed by atoms with Crippen LogP contribution in [0.2, 0.25) is 0 Å². The molecule has 2 aromatic rings. The van der Waals surface area contributed by atoms with Crippen LogP contribution in [0, 0.1) is 18.8 Å². The minimum absolute atomic E-state index is 0.0857. The third-order valence-electron chi connectivity index (χ3n) is 5.63. The van der Waals surface area contributed by atoms with Crippen LogP contribution in [-0.4, -0.2) is 65.1 Å². The number of nitrogens with zero attached hydrogens (tertiary/aromatic N) is 3. The normalized spacial score (nSPS) is 24.5. The standard InChI is InChI=1S/C20H27N3O2S/c1-14-21-18-5-4-17(9-19(18)26-14)20(25)23-11-15(8-16(12-23)13-24)10-22-6-2-3-7-22/h4-5,9,15-16,24H,2-3,6-8,10-13H2,1H3/t15-,16-/m1/s1. The lowest BCUT2D eigenvalue weighted by Gasteiger charge is -2.38. The zero-order valence-electron chi connectivity index (χ0n) is 15.4. The number of benzene rings is 1. The number of aliphatic hydroxyl groups is 1. The van der Waals surface area contributed by atoms with Crippen molar-refractivity contribution < 1.29 is 9.90 Å². The van der Waals surface area contributed by atoms with E-state index in [9.17, 15) is 9.90 Å². The van der Waals surface area contributed by atoms with E-state index in [2.05, 4.69) is 9.88 Å². The van der Waals surface area contributed by atoms with Gasteiger partial charge in [0, 0.05) is 31.8 Å². The highest BCUT2D eigenvalue weighted by atomic mass is 32.1. The molecule has 1 aromatic heterocycles. The van der Waals surface area contributed by atoms with E-state index in [1.807, 2.05) is 30.0 Å². The van der Waals surface area contributed by atoms with Crippen molar-refractivity contribution in [2.24, 2.45) is 11.8 Å². The fraction of sp³-hybridized carbons (Fsp3) is 0.600. The number of piperidine rings is 1. The molecular formula is C20H27N3O2S. The van der Waals surface area contributed by atoms with Crippen LogP contribution >= 0.6 is 11.3 Å². The quantitative estimate of drug-likeness (QED) is 0.895. The van der Waals surface area contributed by atoms with E-state index in [0.29, 0.717) is 12.5 Å². The first-order chi connectivity index (χ1) is 12.6.